The maximum Gasteiger partial charge on any atom is 0.439 e. The number of rotatable bonds is 0. The second-order valence-corrected chi connectivity index (χ2v) is 6.04. The summed E-state index contributed by atoms with van der Waals surface area (Å²) >= 11 is 0. The van der Waals surface area contributed by atoms with E-state index in [4.69, 9.17) is 9.31 Å². The van der Waals surface area contributed by atoms with Gasteiger partial charge < -0.3 is 9.31 Å². The Balaban J connectivity index is 1.85. The molecular formula is C10H15BO2. The van der Waals surface area contributed by atoms with Gasteiger partial charge in [0.15, 0.2) is 0 Å². The molecule has 0 N–H and O–H groups in total. The zero-order chi connectivity index (χ0) is 9.06. The highest BCUT2D eigenvalue weighted by atomic mass is 16.7. The standard InChI is InChI=1S/C10H15BO2/c1-8(2)5-4-10-6(5)7(8)9(10,3)12-11-13-10/h5-7,11H,4H2,1-3H3/t5-,6?,7+,9+,10-/m1/s1. The van der Waals surface area contributed by atoms with Crippen LogP contribution < -0.4 is 0 Å². The number of hydrogen-bond acceptors (Lipinski definition) is 2. The monoisotopic (exact) mass is 178 g/mol. The molecule has 4 rings (SSSR count). The lowest BCUT2D eigenvalue weighted by Gasteiger charge is -2.87. The highest BCUT2D eigenvalue weighted by molar-refractivity contribution is 6.20. The van der Waals surface area contributed by atoms with E-state index in [-0.39, 0.29) is 11.2 Å². The summed E-state index contributed by atoms with van der Waals surface area (Å²) in [6.07, 6.45) is 1.25. The van der Waals surface area contributed by atoms with Crippen LogP contribution in [0.2, 0.25) is 0 Å². The summed E-state index contributed by atoms with van der Waals surface area (Å²) in [7, 11) is 0.534. The van der Waals surface area contributed by atoms with Crippen LogP contribution in [0.1, 0.15) is 27.2 Å². The Hall–Kier alpha value is -0.0151. The minimum absolute atomic E-state index is 0.0654. The molecule has 1 aliphatic heterocycles. The third-order valence-electron chi connectivity index (χ3n) is 5.72. The lowest BCUT2D eigenvalue weighted by Crippen LogP contribution is -2.92. The predicted octanol–water partition coefficient (Wildman–Crippen LogP) is 1.10. The first kappa shape index (κ1) is 7.30. The fourth-order valence-corrected chi connectivity index (χ4v) is 5.08. The van der Waals surface area contributed by atoms with E-state index in [1.165, 1.54) is 6.42 Å². The second-order valence-electron chi connectivity index (χ2n) is 6.04. The highest BCUT2D eigenvalue weighted by Crippen LogP contribution is 2.86. The van der Waals surface area contributed by atoms with Gasteiger partial charge in [0.1, 0.15) is 0 Å². The van der Waals surface area contributed by atoms with Crippen molar-refractivity contribution in [3.8, 4) is 0 Å². The minimum Gasteiger partial charge on any atom is -0.405 e. The predicted molar refractivity (Wildman–Crippen MR) is 49.3 cm³/mol. The summed E-state index contributed by atoms with van der Waals surface area (Å²) in [4.78, 5) is 0. The molecule has 3 aliphatic carbocycles. The Morgan fingerprint density at radius 3 is 2.69 bits per heavy atom. The van der Waals surface area contributed by atoms with Crippen LogP contribution >= 0.6 is 0 Å². The molecule has 0 aromatic heterocycles. The van der Waals surface area contributed by atoms with Crippen LogP contribution in [0.4, 0.5) is 0 Å². The van der Waals surface area contributed by atoms with Gasteiger partial charge in [-0.1, -0.05) is 13.8 Å². The third kappa shape index (κ3) is 0.410. The molecule has 1 spiro atoms. The number of fused-ring (bicyclic) bond motifs is 1. The summed E-state index contributed by atoms with van der Waals surface area (Å²) in [5.74, 6) is 2.53. The van der Waals surface area contributed by atoms with Gasteiger partial charge >= 0.3 is 7.69 Å². The average molecular weight is 178 g/mol. The van der Waals surface area contributed by atoms with E-state index in [1.54, 1.807) is 0 Å². The van der Waals surface area contributed by atoms with Gasteiger partial charge in [-0.3, -0.25) is 0 Å². The molecule has 5 atom stereocenters. The highest BCUT2D eigenvalue weighted by Gasteiger charge is 2.91. The maximum atomic E-state index is 5.83. The maximum absolute atomic E-state index is 5.83. The van der Waals surface area contributed by atoms with E-state index in [1.807, 2.05) is 0 Å². The van der Waals surface area contributed by atoms with Crippen molar-refractivity contribution >= 4 is 7.69 Å². The molecule has 3 saturated carbocycles. The zero-order valence-corrected chi connectivity index (χ0v) is 8.46. The zero-order valence-electron chi connectivity index (χ0n) is 8.46. The molecule has 0 aromatic carbocycles. The molecule has 4 fully saturated rings. The van der Waals surface area contributed by atoms with E-state index < -0.39 is 0 Å². The first-order valence-corrected chi connectivity index (χ1v) is 5.32. The van der Waals surface area contributed by atoms with Crippen molar-refractivity contribution in [1.82, 2.24) is 0 Å². The fraction of sp³-hybridized carbons (Fsp3) is 1.00. The molecule has 4 aliphatic rings. The lowest BCUT2D eigenvalue weighted by molar-refractivity contribution is -0.428. The van der Waals surface area contributed by atoms with Crippen LogP contribution in [-0.4, -0.2) is 18.9 Å². The van der Waals surface area contributed by atoms with Crippen LogP contribution in [-0.2, 0) is 9.31 Å². The minimum atomic E-state index is 0.0654. The van der Waals surface area contributed by atoms with E-state index in [9.17, 15) is 0 Å². The van der Waals surface area contributed by atoms with Crippen LogP contribution in [0.5, 0.6) is 0 Å². The molecule has 13 heavy (non-hydrogen) atoms. The molecule has 0 aromatic rings. The Morgan fingerprint density at radius 1 is 1.23 bits per heavy atom. The Morgan fingerprint density at radius 2 is 2.00 bits per heavy atom. The molecule has 0 amide bonds. The molecule has 0 radical (unpaired) electrons. The van der Waals surface area contributed by atoms with Crippen LogP contribution in [0.3, 0.4) is 0 Å². The van der Waals surface area contributed by atoms with E-state index in [2.05, 4.69) is 20.8 Å². The quantitative estimate of drug-likeness (QED) is 0.517. The topological polar surface area (TPSA) is 18.5 Å². The van der Waals surface area contributed by atoms with Crippen molar-refractivity contribution in [2.45, 2.75) is 38.4 Å². The van der Waals surface area contributed by atoms with Gasteiger partial charge in [-0.05, 0) is 30.6 Å². The first-order valence-electron chi connectivity index (χ1n) is 5.32. The Bertz CT molecular complexity index is 316. The molecule has 1 saturated heterocycles. The number of hydrogen-bond donors (Lipinski definition) is 0. The van der Waals surface area contributed by atoms with Crippen molar-refractivity contribution in [3.05, 3.63) is 0 Å². The SMILES string of the molecule is CC1(C)[C@@H]2C[C@]34OBO[C@@]3(C)[C@H]1C24. The molecular weight excluding hydrogens is 163 g/mol. The van der Waals surface area contributed by atoms with Gasteiger partial charge in [-0.2, -0.15) is 0 Å². The van der Waals surface area contributed by atoms with E-state index in [0.29, 0.717) is 13.1 Å². The van der Waals surface area contributed by atoms with Crippen molar-refractivity contribution in [1.29, 1.82) is 0 Å². The van der Waals surface area contributed by atoms with Crippen LogP contribution in [0.25, 0.3) is 0 Å². The molecule has 1 unspecified atom stereocenters. The molecule has 0 bridgehead atoms. The molecule has 70 valence electrons. The second kappa shape index (κ2) is 1.51. The van der Waals surface area contributed by atoms with Crippen molar-refractivity contribution in [2.24, 2.45) is 23.2 Å². The lowest BCUT2D eigenvalue weighted by atomic mass is 9.20. The summed E-state index contributed by atoms with van der Waals surface area (Å²) in [6, 6.07) is 0. The van der Waals surface area contributed by atoms with Gasteiger partial charge in [0, 0.05) is 5.92 Å². The summed E-state index contributed by atoms with van der Waals surface area (Å²) in [6.45, 7) is 7.06. The molecule has 2 nitrogen and oxygen atoms in total. The average Bonchev–Trinajstić information content (AvgIpc) is 2.34. The largest absolute Gasteiger partial charge is 0.439 e. The summed E-state index contributed by atoms with van der Waals surface area (Å²) in [5, 5.41) is 0. The van der Waals surface area contributed by atoms with Gasteiger partial charge in [-0.15, -0.1) is 0 Å². The van der Waals surface area contributed by atoms with Crippen LogP contribution in [0, 0.1) is 23.2 Å². The molecule has 3 heteroatoms. The summed E-state index contributed by atoms with van der Waals surface area (Å²) in [5.41, 5.74) is 0.739. The van der Waals surface area contributed by atoms with Crippen molar-refractivity contribution in [3.63, 3.8) is 0 Å². The van der Waals surface area contributed by atoms with Gasteiger partial charge in [0.25, 0.3) is 0 Å². The fourth-order valence-electron chi connectivity index (χ4n) is 5.08. The Labute approximate surface area is 79.3 Å². The van der Waals surface area contributed by atoms with Gasteiger partial charge in [0.2, 0.25) is 0 Å². The van der Waals surface area contributed by atoms with Crippen molar-refractivity contribution < 1.29 is 9.31 Å². The summed E-state index contributed by atoms with van der Waals surface area (Å²) < 4.78 is 11.6. The normalized spacial score (nSPS) is 69.3. The van der Waals surface area contributed by atoms with Crippen LogP contribution in [0.15, 0.2) is 0 Å². The van der Waals surface area contributed by atoms with Gasteiger partial charge in [0.05, 0.1) is 11.2 Å². The Kier molecular flexibility index (Phi) is 0.846. The van der Waals surface area contributed by atoms with Gasteiger partial charge in [-0.25, -0.2) is 0 Å². The third-order valence-corrected chi connectivity index (χ3v) is 5.72. The first-order chi connectivity index (χ1) is 6.04. The molecule has 1 heterocycles. The van der Waals surface area contributed by atoms with Crippen molar-refractivity contribution in [2.75, 3.05) is 0 Å². The smallest absolute Gasteiger partial charge is 0.405 e. The van der Waals surface area contributed by atoms with E-state index in [0.717, 1.165) is 17.8 Å². The van der Waals surface area contributed by atoms with E-state index >= 15 is 0 Å².